The predicted molar refractivity (Wildman–Crippen MR) is 122 cm³/mol. The topological polar surface area (TPSA) is 50.8 Å². The van der Waals surface area contributed by atoms with Crippen molar-refractivity contribution in [3.05, 3.63) is 46.2 Å². The number of rotatable bonds is 7. The summed E-state index contributed by atoms with van der Waals surface area (Å²) in [6, 6.07) is 10.7. The Balaban J connectivity index is 0.000000261. The molecule has 0 spiro atoms. The van der Waals surface area contributed by atoms with Gasteiger partial charge in [-0.3, -0.25) is 0 Å². The molecule has 0 bridgehead atoms. The average molecular weight is 402 g/mol. The lowest BCUT2D eigenvalue weighted by Gasteiger charge is -2.17. The molecule has 0 amide bonds. The van der Waals surface area contributed by atoms with Crippen LogP contribution in [0.2, 0.25) is 0 Å². The summed E-state index contributed by atoms with van der Waals surface area (Å²) in [6.07, 6.45) is 6.58. The highest BCUT2D eigenvalue weighted by molar-refractivity contribution is 7.12. The summed E-state index contributed by atoms with van der Waals surface area (Å²) >= 11 is 1.58. The highest BCUT2D eigenvalue weighted by Crippen LogP contribution is 2.25. The molecule has 154 valence electrons. The number of thiophene rings is 1. The van der Waals surface area contributed by atoms with Crippen molar-refractivity contribution in [1.82, 2.24) is 4.90 Å². The van der Waals surface area contributed by atoms with Crippen LogP contribution in [0.4, 0.5) is 5.69 Å². The molecule has 1 atom stereocenters. The number of ether oxygens (including phenoxy) is 1. The predicted octanol–water partition coefficient (Wildman–Crippen LogP) is 5.76. The Bertz CT molecular complexity index is 727. The van der Waals surface area contributed by atoms with Crippen molar-refractivity contribution in [1.29, 1.82) is 0 Å². The molecule has 2 N–H and O–H groups in total. The molecule has 1 unspecified atom stereocenters. The van der Waals surface area contributed by atoms with E-state index >= 15 is 0 Å². The molecule has 1 saturated heterocycles. The van der Waals surface area contributed by atoms with E-state index < -0.39 is 0 Å². The van der Waals surface area contributed by atoms with Gasteiger partial charge in [-0.05, 0) is 69.3 Å². The number of amidine groups is 1. The lowest BCUT2D eigenvalue weighted by molar-refractivity contribution is 0.295. The molecule has 28 heavy (non-hydrogen) atoms. The van der Waals surface area contributed by atoms with Crippen LogP contribution in [0.3, 0.4) is 0 Å². The highest BCUT2D eigenvalue weighted by Gasteiger charge is 2.18. The third kappa shape index (κ3) is 6.95. The van der Waals surface area contributed by atoms with E-state index in [-0.39, 0.29) is 0 Å². The first-order valence-corrected chi connectivity index (χ1v) is 11.2. The number of nitrogens with zero attached hydrogens (tertiary/aromatic N) is 2. The normalized spacial score (nSPS) is 17.3. The highest BCUT2D eigenvalue weighted by atomic mass is 32.1. The fraction of sp³-hybridized carbons (Fsp3) is 0.522. The van der Waals surface area contributed by atoms with Crippen LogP contribution in [0.1, 0.15) is 56.4 Å². The summed E-state index contributed by atoms with van der Waals surface area (Å²) in [5.41, 5.74) is 7.91. The molecular weight excluding hydrogens is 366 g/mol. The van der Waals surface area contributed by atoms with Crippen molar-refractivity contribution in [2.45, 2.75) is 58.9 Å². The molecule has 3 rings (SSSR count). The van der Waals surface area contributed by atoms with Gasteiger partial charge >= 0.3 is 0 Å². The Morgan fingerprint density at radius 2 is 2.11 bits per heavy atom. The van der Waals surface area contributed by atoms with Gasteiger partial charge in [-0.1, -0.05) is 32.4 Å². The van der Waals surface area contributed by atoms with Gasteiger partial charge in [0.1, 0.15) is 11.6 Å². The minimum atomic E-state index is 0.542. The van der Waals surface area contributed by atoms with Crippen LogP contribution in [0.15, 0.2) is 40.7 Å². The zero-order valence-corrected chi connectivity index (χ0v) is 18.6. The van der Waals surface area contributed by atoms with Crippen molar-refractivity contribution < 1.29 is 4.74 Å². The molecule has 1 aliphatic rings. The second kappa shape index (κ2) is 11.9. The Kier molecular flexibility index (Phi) is 9.51. The first-order chi connectivity index (χ1) is 13.5. The molecule has 1 aromatic heterocycles. The number of aliphatic imine (C=N–C) groups is 1. The second-order valence-electron chi connectivity index (χ2n) is 7.34. The molecule has 0 aliphatic carbocycles. The lowest BCUT2D eigenvalue weighted by atomic mass is 10.1. The van der Waals surface area contributed by atoms with Gasteiger partial charge in [0.2, 0.25) is 0 Å². The molecule has 0 saturated carbocycles. The summed E-state index contributed by atoms with van der Waals surface area (Å²) in [7, 11) is 2.24. The molecule has 0 radical (unpaired) electrons. The van der Waals surface area contributed by atoms with Gasteiger partial charge in [0.15, 0.2) is 0 Å². The molecule has 1 aromatic carbocycles. The SMILES string of the molecule is CCCC1CCCN1C.CCCOc1cc(N=C(N)c2cccs2)ccc1C. The van der Waals surface area contributed by atoms with Crippen molar-refractivity contribution in [2.24, 2.45) is 10.7 Å². The van der Waals surface area contributed by atoms with E-state index in [2.05, 4.69) is 30.8 Å². The molecule has 1 aliphatic heterocycles. The summed E-state index contributed by atoms with van der Waals surface area (Å²) < 4.78 is 5.69. The molecular formula is C23H35N3OS. The van der Waals surface area contributed by atoms with E-state index in [9.17, 15) is 0 Å². The van der Waals surface area contributed by atoms with Crippen LogP contribution < -0.4 is 10.5 Å². The zero-order valence-electron chi connectivity index (χ0n) is 17.8. The Hall–Kier alpha value is -1.85. The fourth-order valence-corrected chi connectivity index (χ4v) is 3.95. The van der Waals surface area contributed by atoms with Crippen molar-refractivity contribution >= 4 is 22.9 Å². The smallest absolute Gasteiger partial charge is 0.141 e. The second-order valence-corrected chi connectivity index (χ2v) is 8.29. The molecule has 2 aromatic rings. The van der Waals surface area contributed by atoms with Gasteiger partial charge in [-0.25, -0.2) is 4.99 Å². The quantitative estimate of drug-likeness (QED) is 0.474. The first-order valence-electron chi connectivity index (χ1n) is 10.4. The molecule has 5 heteroatoms. The Morgan fingerprint density at radius 1 is 1.29 bits per heavy atom. The van der Waals surface area contributed by atoms with E-state index in [4.69, 9.17) is 10.5 Å². The monoisotopic (exact) mass is 401 g/mol. The summed E-state index contributed by atoms with van der Waals surface area (Å²) in [4.78, 5) is 7.91. The van der Waals surface area contributed by atoms with E-state index in [0.717, 1.165) is 34.3 Å². The van der Waals surface area contributed by atoms with Gasteiger partial charge in [0.25, 0.3) is 0 Å². The van der Waals surface area contributed by atoms with E-state index in [1.165, 1.54) is 32.2 Å². The van der Waals surface area contributed by atoms with E-state index in [0.29, 0.717) is 12.4 Å². The zero-order chi connectivity index (χ0) is 20.4. The number of aryl methyl sites for hydroxylation is 1. The van der Waals surface area contributed by atoms with Gasteiger partial charge in [-0.15, -0.1) is 11.3 Å². The minimum Gasteiger partial charge on any atom is -0.493 e. The number of hydrogen-bond donors (Lipinski definition) is 1. The maximum atomic E-state index is 5.98. The maximum absolute atomic E-state index is 5.98. The standard InChI is InChI=1S/C15H18N2OS.C8H17N/c1-3-8-18-13-10-12(7-6-11(13)2)17-15(16)14-5-4-9-19-14;1-3-5-8-6-4-7-9(8)2/h4-7,9-10H,3,8H2,1-2H3,(H2,16,17);8H,3-7H2,1-2H3. The van der Waals surface area contributed by atoms with Crippen LogP contribution in [-0.2, 0) is 0 Å². The van der Waals surface area contributed by atoms with E-state index in [1.54, 1.807) is 11.3 Å². The van der Waals surface area contributed by atoms with Crippen molar-refractivity contribution in [2.75, 3.05) is 20.2 Å². The number of nitrogens with two attached hydrogens (primary N) is 1. The van der Waals surface area contributed by atoms with Crippen LogP contribution in [0, 0.1) is 6.92 Å². The number of benzene rings is 1. The van der Waals surface area contributed by atoms with Gasteiger partial charge in [0.05, 0.1) is 17.2 Å². The summed E-state index contributed by atoms with van der Waals surface area (Å²) in [5.74, 6) is 1.42. The van der Waals surface area contributed by atoms with Crippen molar-refractivity contribution in [3.8, 4) is 5.75 Å². The van der Waals surface area contributed by atoms with Crippen LogP contribution >= 0.6 is 11.3 Å². The molecule has 4 nitrogen and oxygen atoms in total. The third-order valence-electron chi connectivity index (χ3n) is 4.95. The largest absolute Gasteiger partial charge is 0.493 e. The average Bonchev–Trinajstić information content (AvgIpc) is 3.36. The van der Waals surface area contributed by atoms with Crippen LogP contribution in [-0.4, -0.2) is 37.0 Å². The van der Waals surface area contributed by atoms with Crippen molar-refractivity contribution in [3.63, 3.8) is 0 Å². The van der Waals surface area contributed by atoms with Gasteiger partial charge < -0.3 is 15.4 Å². The summed E-state index contributed by atoms with van der Waals surface area (Å²) in [5, 5.41) is 1.99. The van der Waals surface area contributed by atoms with Crippen LogP contribution in [0.25, 0.3) is 0 Å². The molecule has 2 heterocycles. The van der Waals surface area contributed by atoms with Gasteiger partial charge in [0, 0.05) is 12.1 Å². The first kappa shape index (κ1) is 22.4. The maximum Gasteiger partial charge on any atom is 0.141 e. The number of hydrogen-bond acceptors (Lipinski definition) is 4. The molecule has 1 fully saturated rings. The number of likely N-dealkylation sites (tertiary alicyclic amines) is 1. The fourth-order valence-electron chi connectivity index (χ4n) is 3.32. The Labute approximate surface area is 174 Å². The van der Waals surface area contributed by atoms with Gasteiger partial charge in [-0.2, -0.15) is 0 Å². The van der Waals surface area contributed by atoms with Crippen LogP contribution in [0.5, 0.6) is 5.75 Å². The minimum absolute atomic E-state index is 0.542. The summed E-state index contributed by atoms with van der Waals surface area (Å²) in [6.45, 7) is 8.43. The Morgan fingerprint density at radius 3 is 2.71 bits per heavy atom. The van der Waals surface area contributed by atoms with E-state index in [1.807, 2.05) is 42.6 Å². The third-order valence-corrected chi connectivity index (χ3v) is 5.84. The lowest BCUT2D eigenvalue weighted by Crippen LogP contribution is -2.24.